The van der Waals surface area contributed by atoms with E-state index in [0.29, 0.717) is 18.0 Å². The molecule has 1 N–H and O–H groups in total. The lowest BCUT2D eigenvalue weighted by Crippen LogP contribution is -2.13. The number of nitrogens with one attached hydrogen (secondary N) is 1. The first kappa shape index (κ1) is 17.8. The summed E-state index contributed by atoms with van der Waals surface area (Å²) < 4.78 is 37.0. The summed E-state index contributed by atoms with van der Waals surface area (Å²) >= 11 is 0. The third kappa shape index (κ3) is 4.73. The van der Waals surface area contributed by atoms with Gasteiger partial charge in [-0.25, -0.2) is 8.42 Å². The zero-order valence-electron chi connectivity index (χ0n) is 13.5. The van der Waals surface area contributed by atoms with Gasteiger partial charge in [0.1, 0.15) is 5.75 Å². The van der Waals surface area contributed by atoms with Gasteiger partial charge in [0.25, 0.3) is 10.0 Å². The number of benzene rings is 2. The van der Waals surface area contributed by atoms with Crippen molar-refractivity contribution in [2.24, 2.45) is 0 Å². The number of hydrogen-bond donors (Lipinski definition) is 1. The van der Waals surface area contributed by atoms with Gasteiger partial charge < -0.3 is 9.47 Å². The molecule has 2 aromatic carbocycles. The van der Waals surface area contributed by atoms with E-state index in [0.717, 1.165) is 5.56 Å². The number of rotatable bonds is 7. The maximum atomic E-state index is 12.3. The van der Waals surface area contributed by atoms with Crippen molar-refractivity contribution in [3.05, 3.63) is 54.1 Å². The number of esters is 1. The molecule has 0 bridgehead atoms. The summed E-state index contributed by atoms with van der Waals surface area (Å²) in [6.07, 6.45) is 0.152. The minimum Gasteiger partial charge on any atom is -0.497 e. The molecule has 6 nitrogen and oxygen atoms in total. The first-order valence-corrected chi connectivity index (χ1v) is 8.84. The van der Waals surface area contributed by atoms with Crippen LogP contribution in [0, 0.1) is 0 Å². The first-order chi connectivity index (χ1) is 11.4. The topological polar surface area (TPSA) is 81.7 Å². The highest BCUT2D eigenvalue weighted by molar-refractivity contribution is 7.92. The summed E-state index contributed by atoms with van der Waals surface area (Å²) in [6.45, 7) is 2.08. The number of carbonyl (C=O) groups excluding carboxylic acids is 1. The van der Waals surface area contributed by atoms with Crippen LogP contribution in [0.2, 0.25) is 0 Å². The molecule has 7 heteroatoms. The largest absolute Gasteiger partial charge is 0.497 e. The monoisotopic (exact) mass is 349 g/mol. The quantitative estimate of drug-likeness (QED) is 0.777. The molecular weight excluding hydrogens is 330 g/mol. The molecule has 128 valence electrons. The first-order valence-electron chi connectivity index (χ1n) is 7.36. The molecule has 0 saturated heterocycles. The van der Waals surface area contributed by atoms with Crippen molar-refractivity contribution in [3.63, 3.8) is 0 Å². The van der Waals surface area contributed by atoms with Gasteiger partial charge in [0.2, 0.25) is 0 Å². The van der Waals surface area contributed by atoms with Crippen molar-refractivity contribution in [3.8, 4) is 5.75 Å². The van der Waals surface area contributed by atoms with Crippen LogP contribution in [0.15, 0.2) is 53.4 Å². The smallest absolute Gasteiger partial charge is 0.310 e. The van der Waals surface area contributed by atoms with Crippen LogP contribution in [0.5, 0.6) is 5.75 Å². The van der Waals surface area contributed by atoms with Gasteiger partial charge in [-0.2, -0.15) is 0 Å². The second kappa shape index (κ2) is 7.83. The molecular formula is C17H19NO5S. The molecule has 0 aliphatic heterocycles. The number of ether oxygens (including phenoxy) is 2. The Morgan fingerprint density at radius 2 is 1.67 bits per heavy atom. The van der Waals surface area contributed by atoms with Gasteiger partial charge in [-0.1, -0.05) is 12.1 Å². The molecule has 2 rings (SSSR count). The molecule has 0 fully saturated rings. The normalized spacial score (nSPS) is 10.9. The van der Waals surface area contributed by atoms with E-state index in [2.05, 4.69) is 4.72 Å². The van der Waals surface area contributed by atoms with Crippen molar-refractivity contribution in [2.45, 2.75) is 18.2 Å². The van der Waals surface area contributed by atoms with Crippen LogP contribution < -0.4 is 9.46 Å². The molecule has 2 aromatic rings. The van der Waals surface area contributed by atoms with Gasteiger partial charge in [0, 0.05) is 5.69 Å². The molecule has 0 unspecified atom stereocenters. The fraction of sp³-hybridized carbons (Fsp3) is 0.235. The van der Waals surface area contributed by atoms with Gasteiger partial charge in [-0.3, -0.25) is 9.52 Å². The van der Waals surface area contributed by atoms with Crippen LogP contribution in [0.3, 0.4) is 0 Å². The van der Waals surface area contributed by atoms with Gasteiger partial charge in [0.15, 0.2) is 0 Å². The lowest BCUT2D eigenvalue weighted by Gasteiger charge is -2.09. The number of hydrogen-bond acceptors (Lipinski definition) is 5. The number of methoxy groups -OCH3 is 1. The van der Waals surface area contributed by atoms with Crippen molar-refractivity contribution in [2.75, 3.05) is 18.4 Å². The highest BCUT2D eigenvalue weighted by atomic mass is 32.2. The number of sulfonamides is 1. The zero-order valence-corrected chi connectivity index (χ0v) is 14.3. The Morgan fingerprint density at radius 1 is 1.04 bits per heavy atom. The lowest BCUT2D eigenvalue weighted by molar-refractivity contribution is -0.142. The molecule has 24 heavy (non-hydrogen) atoms. The van der Waals surface area contributed by atoms with Crippen LogP contribution in [0.4, 0.5) is 5.69 Å². The van der Waals surface area contributed by atoms with Crippen LogP contribution in [0.1, 0.15) is 12.5 Å². The summed E-state index contributed by atoms with van der Waals surface area (Å²) in [5, 5.41) is 0. The molecule has 0 amide bonds. The van der Waals surface area contributed by atoms with E-state index in [9.17, 15) is 13.2 Å². The fourth-order valence-corrected chi connectivity index (χ4v) is 3.10. The highest BCUT2D eigenvalue weighted by Gasteiger charge is 2.14. The molecule has 0 radical (unpaired) electrons. The Morgan fingerprint density at radius 3 is 2.21 bits per heavy atom. The molecule has 0 heterocycles. The second-order valence-corrected chi connectivity index (χ2v) is 6.64. The van der Waals surface area contributed by atoms with Gasteiger partial charge in [-0.05, 0) is 48.9 Å². The number of anilines is 1. The molecule has 0 aromatic heterocycles. The van der Waals surface area contributed by atoms with Gasteiger partial charge in [-0.15, -0.1) is 0 Å². The van der Waals surface area contributed by atoms with Gasteiger partial charge >= 0.3 is 5.97 Å². The van der Waals surface area contributed by atoms with Gasteiger partial charge in [0.05, 0.1) is 25.0 Å². The number of carbonyl (C=O) groups is 1. The van der Waals surface area contributed by atoms with E-state index >= 15 is 0 Å². The molecule has 0 aliphatic rings. The van der Waals surface area contributed by atoms with Crippen LogP contribution in [0.25, 0.3) is 0 Å². The maximum Gasteiger partial charge on any atom is 0.310 e. The Bertz CT molecular complexity index is 783. The average molecular weight is 349 g/mol. The van der Waals surface area contributed by atoms with Crippen molar-refractivity contribution in [1.82, 2.24) is 0 Å². The maximum absolute atomic E-state index is 12.3. The standard InChI is InChI=1S/C17H19NO5S/c1-3-23-17(19)12-13-4-6-14(7-5-13)18-24(20,21)16-10-8-15(22-2)9-11-16/h4-11,18H,3,12H2,1-2H3. The predicted molar refractivity (Wildman–Crippen MR) is 90.6 cm³/mol. The minimum atomic E-state index is -3.68. The minimum absolute atomic E-state index is 0.138. The van der Waals surface area contributed by atoms with Crippen molar-refractivity contribution >= 4 is 21.7 Å². The van der Waals surface area contributed by atoms with Crippen LogP contribution in [-0.4, -0.2) is 28.1 Å². The summed E-state index contributed by atoms with van der Waals surface area (Å²) in [5.74, 6) is 0.265. The van der Waals surface area contributed by atoms with E-state index in [4.69, 9.17) is 9.47 Å². The van der Waals surface area contributed by atoms with E-state index in [1.807, 2.05) is 0 Å². The summed E-state index contributed by atoms with van der Waals surface area (Å²) in [5.41, 5.74) is 1.17. The van der Waals surface area contributed by atoms with Crippen LogP contribution >= 0.6 is 0 Å². The van der Waals surface area contributed by atoms with E-state index in [-0.39, 0.29) is 17.3 Å². The zero-order chi connectivity index (χ0) is 17.6. The molecule has 0 saturated carbocycles. The molecule has 0 aliphatic carbocycles. The second-order valence-electron chi connectivity index (χ2n) is 4.96. The Balaban J connectivity index is 2.07. The molecule has 0 spiro atoms. The predicted octanol–water partition coefficient (Wildman–Crippen LogP) is 2.60. The Labute approximate surface area is 141 Å². The van der Waals surface area contributed by atoms with Crippen LogP contribution in [-0.2, 0) is 26.0 Å². The lowest BCUT2D eigenvalue weighted by atomic mass is 10.1. The summed E-state index contributed by atoms with van der Waals surface area (Å²) in [6, 6.07) is 12.7. The van der Waals surface area contributed by atoms with E-state index in [1.54, 1.807) is 43.3 Å². The Hall–Kier alpha value is -2.54. The average Bonchev–Trinajstić information content (AvgIpc) is 2.57. The van der Waals surface area contributed by atoms with Crippen molar-refractivity contribution < 1.29 is 22.7 Å². The summed E-state index contributed by atoms with van der Waals surface area (Å²) in [4.78, 5) is 11.6. The fourth-order valence-electron chi connectivity index (χ4n) is 2.04. The Kier molecular flexibility index (Phi) is 5.81. The SMILES string of the molecule is CCOC(=O)Cc1ccc(NS(=O)(=O)c2ccc(OC)cc2)cc1. The van der Waals surface area contributed by atoms with Crippen molar-refractivity contribution in [1.29, 1.82) is 0 Å². The highest BCUT2D eigenvalue weighted by Crippen LogP contribution is 2.19. The molecule has 0 atom stereocenters. The summed E-state index contributed by atoms with van der Waals surface area (Å²) in [7, 11) is -2.17. The third-order valence-corrected chi connectivity index (χ3v) is 4.63. The van der Waals surface area contributed by atoms with E-state index in [1.165, 1.54) is 19.2 Å². The third-order valence-electron chi connectivity index (χ3n) is 3.23. The van der Waals surface area contributed by atoms with E-state index < -0.39 is 10.0 Å².